The summed E-state index contributed by atoms with van der Waals surface area (Å²) in [7, 11) is 3.20. The fourth-order valence-electron chi connectivity index (χ4n) is 3.52. The molecule has 1 saturated heterocycles. The molecule has 28 heavy (non-hydrogen) atoms. The Labute approximate surface area is 162 Å². The minimum Gasteiger partial charge on any atom is -0.493 e. The van der Waals surface area contributed by atoms with Crippen LogP contribution in [0.3, 0.4) is 0 Å². The standard InChI is InChI=1S/C21H21N3O4/c1-27-19-7-16-17(9-22-23-18(16)8-20(19)28-2)14-5-3-13(4-6-14)10-24-11-15(12-24)21(25)26/h3-9,15H,10-12H2,1-2H3,(H,25,26). The van der Waals surface area contributed by atoms with E-state index in [0.717, 1.165) is 34.1 Å². The lowest BCUT2D eigenvalue weighted by atomic mass is 9.98. The second-order valence-electron chi connectivity index (χ2n) is 6.91. The van der Waals surface area contributed by atoms with E-state index in [1.807, 2.05) is 12.1 Å². The first kappa shape index (κ1) is 18.2. The molecule has 1 aromatic heterocycles. The Hall–Kier alpha value is -3.19. The fraction of sp³-hybridized carbons (Fsp3) is 0.286. The van der Waals surface area contributed by atoms with Crippen molar-refractivity contribution in [2.75, 3.05) is 27.3 Å². The minimum atomic E-state index is -0.712. The van der Waals surface area contributed by atoms with Crippen molar-refractivity contribution in [3.8, 4) is 22.6 Å². The van der Waals surface area contributed by atoms with Crippen molar-refractivity contribution < 1.29 is 19.4 Å². The molecule has 1 aliphatic rings. The first-order chi connectivity index (χ1) is 13.6. The number of carboxylic acid groups (broad SMARTS) is 1. The maximum Gasteiger partial charge on any atom is 0.309 e. The number of likely N-dealkylation sites (tertiary alicyclic amines) is 1. The Bertz CT molecular complexity index is 1010. The maximum absolute atomic E-state index is 10.9. The van der Waals surface area contributed by atoms with Gasteiger partial charge in [-0.1, -0.05) is 24.3 Å². The summed E-state index contributed by atoms with van der Waals surface area (Å²) in [6, 6.07) is 12.0. The van der Waals surface area contributed by atoms with Crippen LogP contribution >= 0.6 is 0 Å². The molecule has 3 aromatic rings. The number of carbonyl (C=O) groups is 1. The monoisotopic (exact) mass is 379 g/mol. The largest absolute Gasteiger partial charge is 0.493 e. The van der Waals surface area contributed by atoms with Gasteiger partial charge in [-0.05, 0) is 17.2 Å². The van der Waals surface area contributed by atoms with Gasteiger partial charge in [-0.15, -0.1) is 0 Å². The van der Waals surface area contributed by atoms with Gasteiger partial charge in [0, 0.05) is 36.7 Å². The molecule has 0 spiro atoms. The van der Waals surface area contributed by atoms with E-state index < -0.39 is 5.97 Å². The molecular formula is C21H21N3O4. The molecule has 0 radical (unpaired) electrons. The molecule has 1 N–H and O–H groups in total. The Kier molecular flexibility index (Phi) is 4.83. The van der Waals surface area contributed by atoms with E-state index in [2.05, 4.69) is 39.4 Å². The molecule has 2 heterocycles. The molecule has 1 fully saturated rings. The average molecular weight is 379 g/mol. The number of aliphatic carboxylic acids is 1. The van der Waals surface area contributed by atoms with Gasteiger partial charge < -0.3 is 14.6 Å². The highest BCUT2D eigenvalue weighted by molar-refractivity contribution is 5.95. The Morgan fingerprint density at radius 1 is 1.14 bits per heavy atom. The maximum atomic E-state index is 10.9. The summed E-state index contributed by atoms with van der Waals surface area (Å²) < 4.78 is 10.8. The number of hydrogen-bond donors (Lipinski definition) is 1. The number of aromatic nitrogens is 2. The molecular weight excluding hydrogens is 358 g/mol. The number of benzene rings is 2. The van der Waals surface area contributed by atoms with Crippen molar-refractivity contribution in [3.05, 3.63) is 48.2 Å². The van der Waals surface area contributed by atoms with Gasteiger partial charge in [0.15, 0.2) is 11.5 Å². The van der Waals surface area contributed by atoms with Gasteiger partial charge in [-0.25, -0.2) is 0 Å². The summed E-state index contributed by atoms with van der Waals surface area (Å²) in [5, 5.41) is 18.3. The first-order valence-electron chi connectivity index (χ1n) is 9.01. The SMILES string of the molecule is COc1cc2nncc(-c3ccc(CN4CC(C(=O)O)C4)cc3)c2cc1OC. The molecule has 2 aromatic carbocycles. The zero-order valence-corrected chi connectivity index (χ0v) is 15.8. The molecule has 7 nitrogen and oxygen atoms in total. The molecule has 0 unspecified atom stereocenters. The predicted molar refractivity (Wildman–Crippen MR) is 104 cm³/mol. The lowest BCUT2D eigenvalue weighted by Gasteiger charge is -2.36. The van der Waals surface area contributed by atoms with Crippen molar-refractivity contribution >= 4 is 16.9 Å². The summed E-state index contributed by atoms with van der Waals surface area (Å²) in [5.74, 6) is 0.314. The van der Waals surface area contributed by atoms with E-state index in [9.17, 15) is 4.79 Å². The summed E-state index contributed by atoms with van der Waals surface area (Å²) in [6.45, 7) is 1.97. The predicted octanol–water partition coefficient (Wildman–Crippen LogP) is 2.83. The average Bonchev–Trinajstić information content (AvgIpc) is 2.69. The number of fused-ring (bicyclic) bond motifs is 1. The number of methoxy groups -OCH3 is 2. The van der Waals surface area contributed by atoms with E-state index in [1.165, 1.54) is 0 Å². The second kappa shape index (κ2) is 7.44. The molecule has 0 atom stereocenters. The molecule has 4 rings (SSSR count). The van der Waals surface area contributed by atoms with Crippen molar-refractivity contribution in [2.45, 2.75) is 6.54 Å². The lowest BCUT2D eigenvalue weighted by Crippen LogP contribution is -2.49. The molecule has 0 saturated carbocycles. The Morgan fingerprint density at radius 2 is 1.82 bits per heavy atom. The summed E-state index contributed by atoms with van der Waals surface area (Å²) in [4.78, 5) is 13.1. The number of ether oxygens (including phenoxy) is 2. The van der Waals surface area contributed by atoms with Crippen LogP contribution in [0.1, 0.15) is 5.56 Å². The van der Waals surface area contributed by atoms with Gasteiger partial charge >= 0.3 is 5.97 Å². The van der Waals surface area contributed by atoms with Gasteiger partial charge in [0.25, 0.3) is 0 Å². The van der Waals surface area contributed by atoms with Crippen LogP contribution in [-0.4, -0.2) is 53.5 Å². The van der Waals surface area contributed by atoms with Crippen LogP contribution in [0.2, 0.25) is 0 Å². The van der Waals surface area contributed by atoms with Gasteiger partial charge in [-0.2, -0.15) is 10.2 Å². The zero-order valence-electron chi connectivity index (χ0n) is 15.8. The molecule has 0 aliphatic carbocycles. The lowest BCUT2D eigenvalue weighted by molar-refractivity contribution is -0.147. The van der Waals surface area contributed by atoms with E-state index >= 15 is 0 Å². The Balaban J connectivity index is 1.59. The Morgan fingerprint density at radius 3 is 2.46 bits per heavy atom. The van der Waals surface area contributed by atoms with Crippen LogP contribution in [0.15, 0.2) is 42.6 Å². The number of rotatable bonds is 6. The molecule has 144 valence electrons. The van der Waals surface area contributed by atoms with Gasteiger partial charge in [0.2, 0.25) is 0 Å². The van der Waals surface area contributed by atoms with Crippen LogP contribution in [0.25, 0.3) is 22.0 Å². The van der Waals surface area contributed by atoms with Crippen LogP contribution in [0.4, 0.5) is 0 Å². The van der Waals surface area contributed by atoms with E-state index in [1.54, 1.807) is 20.4 Å². The van der Waals surface area contributed by atoms with E-state index in [0.29, 0.717) is 24.6 Å². The third kappa shape index (κ3) is 3.36. The third-order valence-corrected chi connectivity index (χ3v) is 5.12. The number of hydrogen-bond acceptors (Lipinski definition) is 6. The van der Waals surface area contributed by atoms with Gasteiger partial charge in [0.05, 0.1) is 31.9 Å². The van der Waals surface area contributed by atoms with Crippen molar-refractivity contribution in [3.63, 3.8) is 0 Å². The van der Waals surface area contributed by atoms with Crippen molar-refractivity contribution in [1.29, 1.82) is 0 Å². The van der Waals surface area contributed by atoms with Crippen LogP contribution in [0.5, 0.6) is 11.5 Å². The van der Waals surface area contributed by atoms with Crippen LogP contribution in [0, 0.1) is 5.92 Å². The molecule has 0 bridgehead atoms. The minimum absolute atomic E-state index is 0.236. The first-order valence-corrected chi connectivity index (χ1v) is 9.01. The summed E-state index contributed by atoms with van der Waals surface area (Å²) >= 11 is 0. The highest BCUT2D eigenvalue weighted by atomic mass is 16.5. The van der Waals surface area contributed by atoms with Gasteiger partial charge in [0.1, 0.15) is 0 Å². The van der Waals surface area contributed by atoms with Crippen molar-refractivity contribution in [1.82, 2.24) is 15.1 Å². The van der Waals surface area contributed by atoms with Crippen LogP contribution < -0.4 is 9.47 Å². The number of nitrogens with zero attached hydrogens (tertiary/aromatic N) is 3. The van der Waals surface area contributed by atoms with Crippen molar-refractivity contribution in [2.24, 2.45) is 5.92 Å². The topological polar surface area (TPSA) is 84.8 Å². The third-order valence-electron chi connectivity index (χ3n) is 5.12. The number of carboxylic acids is 1. The normalized spacial score (nSPS) is 14.6. The molecule has 7 heteroatoms. The smallest absolute Gasteiger partial charge is 0.309 e. The molecule has 1 aliphatic heterocycles. The zero-order chi connectivity index (χ0) is 19.7. The van der Waals surface area contributed by atoms with E-state index in [4.69, 9.17) is 14.6 Å². The van der Waals surface area contributed by atoms with Gasteiger partial charge in [-0.3, -0.25) is 9.69 Å². The highest BCUT2D eigenvalue weighted by Gasteiger charge is 2.32. The second-order valence-corrected chi connectivity index (χ2v) is 6.91. The summed E-state index contributed by atoms with van der Waals surface area (Å²) in [5.41, 5.74) is 3.88. The fourth-order valence-corrected chi connectivity index (χ4v) is 3.52. The highest BCUT2D eigenvalue weighted by Crippen LogP contribution is 2.35. The molecule has 0 amide bonds. The quantitative estimate of drug-likeness (QED) is 0.705. The summed E-state index contributed by atoms with van der Waals surface area (Å²) in [6.07, 6.45) is 1.75. The van der Waals surface area contributed by atoms with Crippen LogP contribution in [-0.2, 0) is 11.3 Å². The van der Waals surface area contributed by atoms with E-state index in [-0.39, 0.29) is 5.92 Å².